The van der Waals surface area contributed by atoms with Crippen LogP contribution in [0.4, 0.5) is 5.69 Å². The maximum Gasteiger partial charge on any atom is 0.0592 e. The third-order valence-electron chi connectivity index (χ3n) is 1.45. The molecule has 0 atom stereocenters. The first kappa shape index (κ1) is 8.53. The van der Waals surface area contributed by atoms with Crippen molar-refractivity contribution in [2.24, 2.45) is 0 Å². The van der Waals surface area contributed by atoms with Gasteiger partial charge in [0, 0.05) is 26.0 Å². The lowest BCUT2D eigenvalue weighted by Crippen LogP contribution is -2.09. The lowest BCUT2D eigenvalue weighted by Gasteiger charge is -2.14. The molecule has 1 aromatic heterocycles. The molecule has 0 N–H and O–H groups in total. The zero-order chi connectivity index (χ0) is 8.43. The third-order valence-corrected chi connectivity index (χ3v) is 2.06. The molecule has 0 spiro atoms. The number of nitrogens with zero attached hydrogens (tertiary/aromatic N) is 2. The molecule has 0 aliphatic rings. The zero-order valence-electron chi connectivity index (χ0n) is 6.93. The highest BCUT2D eigenvalue weighted by molar-refractivity contribution is 9.10. The quantitative estimate of drug-likeness (QED) is 0.713. The maximum atomic E-state index is 4.15. The van der Waals surface area contributed by atoms with E-state index in [4.69, 9.17) is 0 Å². The van der Waals surface area contributed by atoms with Crippen LogP contribution in [0.1, 0.15) is 5.69 Å². The van der Waals surface area contributed by atoms with Gasteiger partial charge in [-0.3, -0.25) is 4.98 Å². The second-order valence-electron chi connectivity index (χ2n) is 2.67. The molecule has 1 rings (SSSR count). The first-order valence-corrected chi connectivity index (χ1v) is 4.20. The Hall–Kier alpha value is -0.570. The van der Waals surface area contributed by atoms with Crippen molar-refractivity contribution in [3.8, 4) is 0 Å². The highest BCUT2D eigenvalue weighted by atomic mass is 79.9. The average Bonchev–Trinajstić information content (AvgIpc) is 1.94. The van der Waals surface area contributed by atoms with E-state index in [0.717, 1.165) is 15.9 Å². The van der Waals surface area contributed by atoms with E-state index in [1.807, 2.05) is 33.3 Å². The van der Waals surface area contributed by atoms with E-state index in [0.29, 0.717) is 0 Å². The van der Waals surface area contributed by atoms with Crippen LogP contribution in [0.5, 0.6) is 0 Å². The van der Waals surface area contributed by atoms with Gasteiger partial charge in [0.25, 0.3) is 0 Å². The minimum atomic E-state index is 1.04. The normalized spacial score (nSPS) is 9.82. The molecule has 0 aliphatic heterocycles. The minimum absolute atomic E-state index is 1.04. The molecule has 0 bridgehead atoms. The molecule has 1 heterocycles. The van der Waals surface area contributed by atoms with Gasteiger partial charge in [-0.15, -0.1) is 0 Å². The summed E-state index contributed by atoms with van der Waals surface area (Å²) in [5.41, 5.74) is 2.20. The van der Waals surface area contributed by atoms with Crippen LogP contribution >= 0.6 is 15.9 Å². The van der Waals surface area contributed by atoms with Crippen LogP contribution < -0.4 is 4.90 Å². The number of pyridine rings is 1. The molecule has 0 aliphatic carbocycles. The van der Waals surface area contributed by atoms with Gasteiger partial charge in [-0.05, 0) is 28.9 Å². The smallest absolute Gasteiger partial charge is 0.0592 e. The van der Waals surface area contributed by atoms with E-state index in [-0.39, 0.29) is 0 Å². The van der Waals surface area contributed by atoms with E-state index in [9.17, 15) is 0 Å². The van der Waals surface area contributed by atoms with Gasteiger partial charge in [0.1, 0.15) is 0 Å². The Balaban J connectivity index is 3.13. The molecule has 1 aromatic rings. The van der Waals surface area contributed by atoms with Crippen molar-refractivity contribution in [1.82, 2.24) is 4.98 Å². The fraction of sp³-hybridized carbons (Fsp3) is 0.375. The lowest BCUT2D eigenvalue weighted by molar-refractivity contribution is 1.09. The SMILES string of the molecule is Cc1cc(N(C)C)c(Br)cn1. The summed E-state index contributed by atoms with van der Waals surface area (Å²) < 4.78 is 1.04. The molecule has 0 saturated carbocycles. The second kappa shape index (κ2) is 3.22. The van der Waals surface area contributed by atoms with E-state index >= 15 is 0 Å². The van der Waals surface area contributed by atoms with Gasteiger partial charge in [0.05, 0.1) is 10.2 Å². The first-order chi connectivity index (χ1) is 5.11. The largest absolute Gasteiger partial charge is 0.377 e. The monoisotopic (exact) mass is 214 g/mol. The molecule has 0 radical (unpaired) electrons. The van der Waals surface area contributed by atoms with E-state index in [1.54, 1.807) is 0 Å². The summed E-state index contributed by atoms with van der Waals surface area (Å²) in [5.74, 6) is 0. The van der Waals surface area contributed by atoms with Crippen molar-refractivity contribution >= 4 is 21.6 Å². The third kappa shape index (κ3) is 1.93. The van der Waals surface area contributed by atoms with E-state index in [1.165, 1.54) is 0 Å². The van der Waals surface area contributed by atoms with Gasteiger partial charge in [-0.25, -0.2) is 0 Å². The molecule has 3 heteroatoms. The van der Waals surface area contributed by atoms with Crippen LogP contribution in [0.25, 0.3) is 0 Å². The molecule has 0 amide bonds. The molecular weight excluding hydrogens is 204 g/mol. The fourth-order valence-electron chi connectivity index (χ4n) is 0.871. The number of rotatable bonds is 1. The number of aryl methyl sites for hydroxylation is 1. The Morgan fingerprint density at radius 3 is 2.55 bits per heavy atom. The van der Waals surface area contributed by atoms with Gasteiger partial charge in [0.2, 0.25) is 0 Å². The highest BCUT2D eigenvalue weighted by Crippen LogP contribution is 2.23. The fourth-order valence-corrected chi connectivity index (χ4v) is 1.44. The van der Waals surface area contributed by atoms with Crippen molar-refractivity contribution in [2.75, 3.05) is 19.0 Å². The predicted molar refractivity (Wildman–Crippen MR) is 51.0 cm³/mol. The van der Waals surface area contributed by atoms with Crippen LogP contribution in [0, 0.1) is 6.92 Å². The summed E-state index contributed by atoms with van der Waals surface area (Å²) in [6.45, 7) is 1.99. The van der Waals surface area contributed by atoms with Gasteiger partial charge < -0.3 is 4.90 Å². The standard InChI is InChI=1S/C8H11BrN2/c1-6-4-8(11(2)3)7(9)5-10-6/h4-5H,1-3H3. The van der Waals surface area contributed by atoms with Crippen LogP contribution in [0.2, 0.25) is 0 Å². The lowest BCUT2D eigenvalue weighted by atomic mass is 10.3. The summed E-state index contributed by atoms with van der Waals surface area (Å²) in [4.78, 5) is 6.20. The second-order valence-corrected chi connectivity index (χ2v) is 3.53. The van der Waals surface area contributed by atoms with Crippen LogP contribution in [0.3, 0.4) is 0 Å². The summed E-state index contributed by atoms with van der Waals surface area (Å²) in [6, 6.07) is 2.05. The number of aromatic nitrogens is 1. The van der Waals surface area contributed by atoms with Gasteiger partial charge in [-0.2, -0.15) is 0 Å². The first-order valence-electron chi connectivity index (χ1n) is 3.40. The van der Waals surface area contributed by atoms with Crippen molar-refractivity contribution in [2.45, 2.75) is 6.92 Å². The van der Waals surface area contributed by atoms with Crippen molar-refractivity contribution in [1.29, 1.82) is 0 Å². The average molecular weight is 215 g/mol. The Morgan fingerprint density at radius 1 is 1.45 bits per heavy atom. The molecule has 11 heavy (non-hydrogen) atoms. The number of hydrogen-bond donors (Lipinski definition) is 0. The van der Waals surface area contributed by atoms with Crippen LogP contribution in [-0.2, 0) is 0 Å². The Morgan fingerprint density at radius 2 is 2.09 bits per heavy atom. The van der Waals surface area contributed by atoms with Gasteiger partial charge >= 0.3 is 0 Å². The Bertz CT molecular complexity index is 258. The number of anilines is 1. The van der Waals surface area contributed by atoms with Gasteiger partial charge in [0.15, 0.2) is 0 Å². The number of hydrogen-bond acceptors (Lipinski definition) is 2. The zero-order valence-corrected chi connectivity index (χ0v) is 8.51. The minimum Gasteiger partial charge on any atom is -0.377 e. The molecule has 2 nitrogen and oxygen atoms in total. The van der Waals surface area contributed by atoms with Crippen LogP contribution in [-0.4, -0.2) is 19.1 Å². The predicted octanol–water partition coefficient (Wildman–Crippen LogP) is 2.22. The Kier molecular flexibility index (Phi) is 2.49. The molecule has 60 valence electrons. The number of halogens is 1. The van der Waals surface area contributed by atoms with Crippen molar-refractivity contribution < 1.29 is 0 Å². The molecule has 0 unspecified atom stereocenters. The Labute approximate surface area is 75.4 Å². The van der Waals surface area contributed by atoms with E-state index < -0.39 is 0 Å². The maximum absolute atomic E-state index is 4.15. The van der Waals surface area contributed by atoms with Crippen molar-refractivity contribution in [3.05, 3.63) is 22.4 Å². The molecular formula is C8H11BrN2. The summed E-state index contributed by atoms with van der Waals surface area (Å²) in [7, 11) is 4.03. The summed E-state index contributed by atoms with van der Waals surface area (Å²) in [5, 5.41) is 0. The van der Waals surface area contributed by atoms with Crippen molar-refractivity contribution in [3.63, 3.8) is 0 Å². The summed E-state index contributed by atoms with van der Waals surface area (Å²) in [6.07, 6.45) is 1.82. The molecule has 0 fully saturated rings. The summed E-state index contributed by atoms with van der Waals surface area (Å²) >= 11 is 3.43. The highest BCUT2D eigenvalue weighted by Gasteiger charge is 2.01. The van der Waals surface area contributed by atoms with Crippen LogP contribution in [0.15, 0.2) is 16.7 Å². The molecule has 0 saturated heterocycles. The topological polar surface area (TPSA) is 16.1 Å². The van der Waals surface area contributed by atoms with E-state index in [2.05, 4.69) is 25.8 Å². The van der Waals surface area contributed by atoms with Gasteiger partial charge in [-0.1, -0.05) is 0 Å². The molecule has 0 aromatic carbocycles.